The third kappa shape index (κ3) is 2.31. The van der Waals surface area contributed by atoms with Crippen LogP contribution in [0.15, 0.2) is 18.2 Å². The average Bonchev–Trinajstić information content (AvgIpc) is 2.19. The predicted octanol–water partition coefficient (Wildman–Crippen LogP) is 2.35. The number of rotatable bonds is 4. The van der Waals surface area contributed by atoms with Gasteiger partial charge in [-0.1, -0.05) is 26.0 Å². The van der Waals surface area contributed by atoms with Crippen molar-refractivity contribution in [1.29, 1.82) is 0 Å². The zero-order chi connectivity index (χ0) is 9.68. The Morgan fingerprint density at radius 2 is 2.08 bits per heavy atom. The lowest BCUT2D eigenvalue weighted by Gasteiger charge is -2.06. The van der Waals surface area contributed by atoms with E-state index in [0.717, 1.165) is 18.4 Å². The number of hydrogen-bond donors (Lipinski definition) is 0. The molecule has 0 heterocycles. The van der Waals surface area contributed by atoms with Gasteiger partial charge in [-0.05, 0) is 30.0 Å². The minimum absolute atomic E-state index is 0.472. The van der Waals surface area contributed by atoms with Gasteiger partial charge in [-0.2, -0.15) is 0 Å². The maximum atomic E-state index is 10.2. The molecule has 1 aromatic rings. The molecular formula is C11H14O2. The van der Waals surface area contributed by atoms with Gasteiger partial charge in [0.15, 0.2) is 0 Å². The van der Waals surface area contributed by atoms with E-state index in [4.69, 9.17) is 4.74 Å². The van der Waals surface area contributed by atoms with Gasteiger partial charge in [0.1, 0.15) is 5.75 Å². The first kappa shape index (κ1) is 9.78. The molecule has 1 aromatic carbocycles. The largest absolute Gasteiger partial charge is 0.428 e. The molecule has 2 nitrogen and oxygen atoms in total. The van der Waals surface area contributed by atoms with E-state index in [1.807, 2.05) is 19.1 Å². The molecule has 0 amide bonds. The number of aryl methyl sites for hydroxylation is 2. The van der Waals surface area contributed by atoms with E-state index in [-0.39, 0.29) is 0 Å². The average molecular weight is 178 g/mol. The van der Waals surface area contributed by atoms with E-state index in [2.05, 4.69) is 13.0 Å². The Balaban J connectivity index is 3.00. The summed E-state index contributed by atoms with van der Waals surface area (Å²) in [7, 11) is 0. The minimum Gasteiger partial charge on any atom is -0.428 e. The molecule has 1 rings (SSSR count). The van der Waals surface area contributed by atoms with Gasteiger partial charge < -0.3 is 4.74 Å². The number of benzene rings is 1. The van der Waals surface area contributed by atoms with Gasteiger partial charge in [0.05, 0.1) is 0 Å². The molecule has 0 saturated carbocycles. The summed E-state index contributed by atoms with van der Waals surface area (Å²) in [6, 6.07) is 5.92. The zero-order valence-electron chi connectivity index (χ0n) is 8.04. The lowest BCUT2D eigenvalue weighted by Crippen LogP contribution is -1.95. The second-order valence-electron chi connectivity index (χ2n) is 2.86. The molecule has 0 radical (unpaired) electrons. The van der Waals surface area contributed by atoms with Crippen molar-refractivity contribution in [3.63, 3.8) is 0 Å². The molecule has 0 aliphatic carbocycles. The van der Waals surface area contributed by atoms with Crippen LogP contribution in [0, 0.1) is 0 Å². The molecule has 0 aliphatic heterocycles. The topological polar surface area (TPSA) is 26.3 Å². The standard InChI is InChI=1S/C11H14O2/c1-3-9-5-6-11(13-8-12)10(4-2)7-9/h5-8H,3-4H2,1-2H3. The number of carbonyl (C=O) groups excluding carboxylic acids is 1. The summed E-state index contributed by atoms with van der Waals surface area (Å²) in [4.78, 5) is 10.2. The van der Waals surface area contributed by atoms with Gasteiger partial charge in [-0.25, -0.2) is 0 Å². The Morgan fingerprint density at radius 3 is 2.62 bits per heavy atom. The van der Waals surface area contributed by atoms with E-state index in [1.54, 1.807) is 0 Å². The Morgan fingerprint density at radius 1 is 1.31 bits per heavy atom. The number of hydrogen-bond acceptors (Lipinski definition) is 2. The van der Waals surface area contributed by atoms with E-state index >= 15 is 0 Å². The molecule has 0 N–H and O–H groups in total. The van der Waals surface area contributed by atoms with Crippen LogP contribution in [0.4, 0.5) is 0 Å². The van der Waals surface area contributed by atoms with Crippen LogP contribution < -0.4 is 4.74 Å². The van der Waals surface area contributed by atoms with Crippen LogP contribution in [0.3, 0.4) is 0 Å². The molecule has 0 spiro atoms. The van der Waals surface area contributed by atoms with Crippen LogP contribution in [0.2, 0.25) is 0 Å². The SMILES string of the molecule is CCc1ccc(OC=O)c(CC)c1. The van der Waals surface area contributed by atoms with Gasteiger partial charge in [-0.15, -0.1) is 0 Å². The quantitative estimate of drug-likeness (QED) is 0.661. The summed E-state index contributed by atoms with van der Waals surface area (Å²) >= 11 is 0. The second-order valence-corrected chi connectivity index (χ2v) is 2.86. The highest BCUT2D eigenvalue weighted by atomic mass is 16.5. The first-order valence-electron chi connectivity index (χ1n) is 4.53. The molecule has 0 aliphatic rings. The number of carbonyl (C=O) groups is 1. The fourth-order valence-electron chi connectivity index (χ4n) is 1.30. The van der Waals surface area contributed by atoms with Gasteiger partial charge in [0.2, 0.25) is 0 Å². The maximum absolute atomic E-state index is 10.2. The molecule has 0 atom stereocenters. The van der Waals surface area contributed by atoms with E-state index in [9.17, 15) is 4.79 Å². The summed E-state index contributed by atoms with van der Waals surface area (Å²) in [5.41, 5.74) is 2.36. The van der Waals surface area contributed by atoms with Crippen LogP contribution in [-0.4, -0.2) is 6.47 Å². The van der Waals surface area contributed by atoms with Crippen molar-refractivity contribution in [3.05, 3.63) is 29.3 Å². The fourth-order valence-corrected chi connectivity index (χ4v) is 1.30. The van der Waals surface area contributed by atoms with Crippen molar-refractivity contribution in [3.8, 4) is 5.75 Å². The lowest BCUT2D eigenvalue weighted by molar-refractivity contribution is -0.120. The summed E-state index contributed by atoms with van der Waals surface area (Å²) in [5.74, 6) is 0.676. The van der Waals surface area contributed by atoms with Crippen molar-refractivity contribution in [2.75, 3.05) is 0 Å². The lowest BCUT2D eigenvalue weighted by atomic mass is 10.1. The van der Waals surface area contributed by atoms with Crippen molar-refractivity contribution < 1.29 is 9.53 Å². The molecule has 0 bridgehead atoms. The second kappa shape index (κ2) is 4.65. The van der Waals surface area contributed by atoms with Crippen LogP contribution in [0.1, 0.15) is 25.0 Å². The maximum Gasteiger partial charge on any atom is 0.298 e. The van der Waals surface area contributed by atoms with E-state index < -0.39 is 0 Å². The summed E-state index contributed by atoms with van der Waals surface area (Å²) in [6.07, 6.45) is 1.89. The monoisotopic (exact) mass is 178 g/mol. The fraction of sp³-hybridized carbons (Fsp3) is 0.364. The van der Waals surface area contributed by atoms with E-state index in [1.165, 1.54) is 5.56 Å². The third-order valence-corrected chi connectivity index (χ3v) is 2.09. The smallest absolute Gasteiger partial charge is 0.298 e. The molecule has 0 saturated heterocycles. The van der Waals surface area contributed by atoms with Crippen LogP contribution in [0.25, 0.3) is 0 Å². The Bertz CT molecular complexity index is 292. The van der Waals surface area contributed by atoms with Gasteiger partial charge in [-0.3, -0.25) is 4.79 Å². The molecule has 0 aromatic heterocycles. The molecule has 2 heteroatoms. The summed E-state index contributed by atoms with van der Waals surface area (Å²) in [6.45, 7) is 4.63. The van der Waals surface area contributed by atoms with Gasteiger partial charge in [0.25, 0.3) is 6.47 Å². The highest BCUT2D eigenvalue weighted by Gasteiger charge is 2.01. The van der Waals surface area contributed by atoms with Crippen molar-refractivity contribution >= 4 is 6.47 Å². The first-order chi connectivity index (χ1) is 6.31. The normalized spacial score (nSPS) is 9.69. The summed E-state index contributed by atoms with van der Waals surface area (Å²) < 4.78 is 4.85. The molecule has 0 unspecified atom stereocenters. The van der Waals surface area contributed by atoms with Crippen molar-refractivity contribution in [2.24, 2.45) is 0 Å². The number of ether oxygens (including phenoxy) is 1. The van der Waals surface area contributed by atoms with E-state index in [0.29, 0.717) is 12.2 Å². The predicted molar refractivity (Wildman–Crippen MR) is 51.9 cm³/mol. The Kier molecular flexibility index (Phi) is 3.50. The first-order valence-corrected chi connectivity index (χ1v) is 4.53. The van der Waals surface area contributed by atoms with Crippen molar-refractivity contribution in [1.82, 2.24) is 0 Å². The van der Waals surface area contributed by atoms with Crippen molar-refractivity contribution in [2.45, 2.75) is 26.7 Å². The molecule has 13 heavy (non-hydrogen) atoms. The van der Waals surface area contributed by atoms with Crippen LogP contribution in [-0.2, 0) is 17.6 Å². The van der Waals surface area contributed by atoms with Crippen LogP contribution >= 0.6 is 0 Å². The minimum atomic E-state index is 0.472. The van der Waals surface area contributed by atoms with Gasteiger partial charge >= 0.3 is 0 Å². The summed E-state index contributed by atoms with van der Waals surface area (Å²) in [5, 5.41) is 0. The zero-order valence-corrected chi connectivity index (χ0v) is 8.04. The highest BCUT2D eigenvalue weighted by molar-refractivity contribution is 5.48. The van der Waals surface area contributed by atoms with Gasteiger partial charge in [0, 0.05) is 0 Å². The molecular weight excluding hydrogens is 164 g/mol. The third-order valence-electron chi connectivity index (χ3n) is 2.09. The van der Waals surface area contributed by atoms with Crippen LogP contribution in [0.5, 0.6) is 5.75 Å². The molecule has 0 fully saturated rings. The Labute approximate surface area is 78.5 Å². The highest BCUT2D eigenvalue weighted by Crippen LogP contribution is 2.20. The molecule has 70 valence electrons. The Hall–Kier alpha value is -1.31.